The van der Waals surface area contributed by atoms with Crippen molar-refractivity contribution in [2.24, 2.45) is 0 Å². The molecule has 1 heterocycles. The highest BCUT2D eigenvalue weighted by Crippen LogP contribution is 2.15. The number of amides is 1. The fraction of sp³-hybridized carbons (Fsp3) is 0.875. The highest BCUT2D eigenvalue weighted by Gasteiger charge is 2.19. The third-order valence-electron chi connectivity index (χ3n) is 2.21. The first kappa shape index (κ1) is 7.58. The Labute approximate surface area is 62.2 Å². The molecule has 0 saturated carbocycles. The Bertz CT molecular complexity index is 133. The van der Waals surface area contributed by atoms with Crippen molar-refractivity contribution in [2.45, 2.75) is 39.2 Å². The summed E-state index contributed by atoms with van der Waals surface area (Å²) in [5.41, 5.74) is 0. The summed E-state index contributed by atoms with van der Waals surface area (Å²) in [6.45, 7) is 4.75. The smallest absolute Gasteiger partial charge is 0.219 e. The Kier molecular flexibility index (Phi) is 2.30. The molecule has 0 aromatic heterocycles. The third-order valence-corrected chi connectivity index (χ3v) is 2.21. The van der Waals surface area contributed by atoms with Gasteiger partial charge >= 0.3 is 0 Å². The fourth-order valence-corrected chi connectivity index (χ4v) is 1.57. The summed E-state index contributed by atoms with van der Waals surface area (Å²) in [6, 6.07) is 0.478. The van der Waals surface area contributed by atoms with Gasteiger partial charge in [0.25, 0.3) is 0 Å². The number of likely N-dealkylation sites (tertiary alicyclic amines) is 1. The molecule has 1 rings (SSSR count). The van der Waals surface area contributed by atoms with Gasteiger partial charge < -0.3 is 4.90 Å². The molecule has 0 radical (unpaired) electrons. The van der Waals surface area contributed by atoms with Crippen LogP contribution in [-0.2, 0) is 4.79 Å². The maximum absolute atomic E-state index is 10.9. The van der Waals surface area contributed by atoms with Crippen molar-refractivity contribution >= 4 is 5.91 Å². The predicted molar refractivity (Wildman–Crippen MR) is 40.7 cm³/mol. The molecule has 1 fully saturated rings. The summed E-state index contributed by atoms with van der Waals surface area (Å²) in [7, 11) is 0. The van der Waals surface area contributed by atoms with Crippen molar-refractivity contribution in [3.8, 4) is 0 Å². The van der Waals surface area contributed by atoms with Gasteiger partial charge in [-0.15, -0.1) is 0 Å². The lowest BCUT2D eigenvalue weighted by Gasteiger charge is -2.32. The number of carbonyl (C=O) groups excluding carboxylic acids is 1. The van der Waals surface area contributed by atoms with Gasteiger partial charge in [-0.2, -0.15) is 0 Å². The summed E-state index contributed by atoms with van der Waals surface area (Å²) in [6.07, 6.45) is 3.65. The number of nitrogens with zero attached hydrogens (tertiary/aromatic N) is 1. The monoisotopic (exact) mass is 141 g/mol. The van der Waals surface area contributed by atoms with Crippen molar-refractivity contribution in [1.82, 2.24) is 4.90 Å². The van der Waals surface area contributed by atoms with E-state index in [1.165, 1.54) is 19.3 Å². The zero-order chi connectivity index (χ0) is 7.56. The van der Waals surface area contributed by atoms with Crippen LogP contribution in [0.4, 0.5) is 0 Å². The Hall–Kier alpha value is -0.530. The molecule has 0 bridgehead atoms. The van der Waals surface area contributed by atoms with Crippen LogP contribution in [0.3, 0.4) is 0 Å². The van der Waals surface area contributed by atoms with Gasteiger partial charge in [0, 0.05) is 19.5 Å². The van der Waals surface area contributed by atoms with Crippen LogP contribution in [0.1, 0.15) is 33.1 Å². The standard InChI is InChI=1S/C8H15NO/c1-7-5-3-4-6-9(7)8(2)10/h7H,3-6H2,1-2H3/t7-/m1/s1. The van der Waals surface area contributed by atoms with Crippen LogP contribution in [0.2, 0.25) is 0 Å². The highest BCUT2D eigenvalue weighted by atomic mass is 16.2. The SMILES string of the molecule is CC(=O)N1CCCC[C@H]1C. The molecule has 0 N–H and O–H groups in total. The normalized spacial score (nSPS) is 26.6. The van der Waals surface area contributed by atoms with Gasteiger partial charge in [0.05, 0.1) is 0 Å². The Balaban J connectivity index is 2.47. The van der Waals surface area contributed by atoms with Crippen molar-refractivity contribution in [1.29, 1.82) is 0 Å². The van der Waals surface area contributed by atoms with Gasteiger partial charge in [0.2, 0.25) is 5.91 Å². The second kappa shape index (κ2) is 3.04. The lowest BCUT2D eigenvalue weighted by atomic mass is 10.0. The van der Waals surface area contributed by atoms with E-state index in [1.54, 1.807) is 6.92 Å². The van der Waals surface area contributed by atoms with E-state index in [-0.39, 0.29) is 5.91 Å². The molecular weight excluding hydrogens is 126 g/mol. The van der Waals surface area contributed by atoms with Crippen molar-refractivity contribution in [2.75, 3.05) is 6.54 Å². The second-order valence-corrected chi connectivity index (χ2v) is 3.06. The highest BCUT2D eigenvalue weighted by molar-refractivity contribution is 5.73. The van der Waals surface area contributed by atoms with E-state index in [0.29, 0.717) is 6.04 Å². The molecule has 1 aliphatic rings. The largest absolute Gasteiger partial charge is 0.340 e. The molecule has 58 valence electrons. The lowest BCUT2D eigenvalue weighted by Crippen LogP contribution is -2.40. The van der Waals surface area contributed by atoms with E-state index in [0.717, 1.165) is 6.54 Å². The van der Waals surface area contributed by atoms with E-state index in [4.69, 9.17) is 0 Å². The number of piperidine rings is 1. The van der Waals surface area contributed by atoms with E-state index in [9.17, 15) is 4.79 Å². The Morgan fingerprint density at radius 3 is 2.60 bits per heavy atom. The maximum atomic E-state index is 10.9. The second-order valence-electron chi connectivity index (χ2n) is 3.06. The average Bonchev–Trinajstić information content (AvgIpc) is 1.88. The van der Waals surface area contributed by atoms with Gasteiger partial charge in [-0.25, -0.2) is 0 Å². The van der Waals surface area contributed by atoms with Gasteiger partial charge in [-0.3, -0.25) is 4.79 Å². The summed E-state index contributed by atoms with van der Waals surface area (Å²) in [5, 5.41) is 0. The number of rotatable bonds is 0. The van der Waals surface area contributed by atoms with E-state index >= 15 is 0 Å². The number of hydrogen-bond acceptors (Lipinski definition) is 1. The minimum absolute atomic E-state index is 0.229. The molecular formula is C8H15NO. The van der Waals surface area contributed by atoms with Gasteiger partial charge in [0.1, 0.15) is 0 Å². The summed E-state index contributed by atoms with van der Waals surface area (Å²) in [4.78, 5) is 12.9. The van der Waals surface area contributed by atoms with Crippen molar-refractivity contribution in [3.63, 3.8) is 0 Å². The van der Waals surface area contributed by atoms with Gasteiger partial charge in [-0.05, 0) is 26.2 Å². The molecule has 1 amide bonds. The molecule has 10 heavy (non-hydrogen) atoms. The minimum atomic E-state index is 0.229. The van der Waals surface area contributed by atoms with Crippen LogP contribution in [0, 0.1) is 0 Å². The minimum Gasteiger partial charge on any atom is -0.340 e. The van der Waals surface area contributed by atoms with Crippen molar-refractivity contribution < 1.29 is 4.79 Å². The lowest BCUT2D eigenvalue weighted by molar-refractivity contribution is -0.131. The first-order valence-corrected chi connectivity index (χ1v) is 3.99. The molecule has 2 heteroatoms. The summed E-state index contributed by atoms with van der Waals surface area (Å²) >= 11 is 0. The van der Waals surface area contributed by atoms with Crippen LogP contribution in [0.25, 0.3) is 0 Å². The van der Waals surface area contributed by atoms with Crippen LogP contribution >= 0.6 is 0 Å². The third kappa shape index (κ3) is 1.49. The van der Waals surface area contributed by atoms with E-state index < -0.39 is 0 Å². The van der Waals surface area contributed by atoms with Gasteiger partial charge in [0.15, 0.2) is 0 Å². The number of carbonyl (C=O) groups is 1. The molecule has 0 unspecified atom stereocenters. The van der Waals surface area contributed by atoms with E-state index in [2.05, 4.69) is 6.92 Å². The summed E-state index contributed by atoms with van der Waals surface area (Å²) < 4.78 is 0. The average molecular weight is 141 g/mol. The molecule has 1 aliphatic heterocycles. The molecule has 0 aromatic rings. The zero-order valence-electron chi connectivity index (χ0n) is 6.76. The van der Waals surface area contributed by atoms with Crippen molar-refractivity contribution in [3.05, 3.63) is 0 Å². The molecule has 1 saturated heterocycles. The molecule has 0 spiro atoms. The quantitative estimate of drug-likeness (QED) is 0.499. The Morgan fingerprint density at radius 1 is 1.50 bits per heavy atom. The van der Waals surface area contributed by atoms with E-state index in [1.807, 2.05) is 4.90 Å². The predicted octanol–water partition coefficient (Wildman–Crippen LogP) is 1.41. The fourth-order valence-electron chi connectivity index (χ4n) is 1.57. The number of hydrogen-bond donors (Lipinski definition) is 0. The zero-order valence-corrected chi connectivity index (χ0v) is 6.76. The molecule has 2 nitrogen and oxygen atoms in total. The van der Waals surface area contributed by atoms with Gasteiger partial charge in [-0.1, -0.05) is 0 Å². The molecule has 0 aliphatic carbocycles. The Morgan fingerprint density at radius 2 is 2.20 bits per heavy atom. The first-order chi connectivity index (χ1) is 4.72. The molecule has 1 atom stereocenters. The first-order valence-electron chi connectivity index (χ1n) is 3.99. The van der Waals surface area contributed by atoms with Crippen LogP contribution < -0.4 is 0 Å². The van der Waals surface area contributed by atoms with Crippen LogP contribution in [0.5, 0.6) is 0 Å². The van der Waals surface area contributed by atoms with Crippen LogP contribution in [0.15, 0.2) is 0 Å². The molecule has 0 aromatic carbocycles. The maximum Gasteiger partial charge on any atom is 0.219 e. The van der Waals surface area contributed by atoms with Crippen LogP contribution in [-0.4, -0.2) is 23.4 Å². The summed E-state index contributed by atoms with van der Waals surface area (Å²) in [5.74, 6) is 0.229. The topological polar surface area (TPSA) is 20.3 Å².